The third-order valence-electron chi connectivity index (χ3n) is 8.38. The second-order valence-corrected chi connectivity index (χ2v) is 10.8. The molecule has 0 aliphatic heterocycles. The Morgan fingerprint density at radius 1 is 1.18 bits per heavy atom. The van der Waals surface area contributed by atoms with E-state index in [0.29, 0.717) is 22.4 Å². The molecule has 2 unspecified atom stereocenters. The lowest BCUT2D eigenvalue weighted by Crippen LogP contribution is -2.73. The molecule has 6 atom stereocenters. The highest BCUT2D eigenvalue weighted by Gasteiger charge is 2.67. The van der Waals surface area contributed by atoms with Gasteiger partial charge in [-0.05, 0) is 50.6 Å². The summed E-state index contributed by atoms with van der Waals surface area (Å²) in [5, 5.41) is 45.5. The highest BCUT2D eigenvalue weighted by atomic mass is 16.3. The van der Waals surface area contributed by atoms with E-state index in [-0.39, 0.29) is 29.7 Å². The number of anilines is 1. The van der Waals surface area contributed by atoms with Crippen LogP contribution in [0.5, 0.6) is 5.75 Å². The second kappa shape index (κ2) is 8.69. The number of aromatic hydroxyl groups is 1. The maximum Gasteiger partial charge on any atom is 0.230 e. The number of primary amides is 1. The van der Waals surface area contributed by atoms with E-state index in [1.165, 1.54) is 12.5 Å². The van der Waals surface area contributed by atoms with Crippen LogP contribution in [0.15, 0.2) is 34.6 Å². The fourth-order valence-electron chi connectivity index (χ4n) is 6.69. The summed E-state index contributed by atoms with van der Waals surface area (Å²) < 4.78 is 5.16. The number of nitrogens with zero attached hydrogens (tertiary/aromatic N) is 2. The summed E-state index contributed by atoms with van der Waals surface area (Å²) in [5.41, 5.74) is 4.80. The van der Waals surface area contributed by atoms with E-state index in [0.717, 1.165) is 0 Å². The minimum absolute atomic E-state index is 0.0351. The Morgan fingerprint density at radius 2 is 1.87 bits per heavy atom. The Kier molecular flexibility index (Phi) is 5.93. The number of phenolic OH excluding ortho intramolecular Hbond substituents is 1. The molecule has 0 bridgehead atoms. The zero-order chi connectivity index (χ0) is 27.8. The second-order valence-electron chi connectivity index (χ2n) is 10.8. The van der Waals surface area contributed by atoms with E-state index >= 15 is 0 Å². The minimum atomic E-state index is -2.69. The van der Waals surface area contributed by atoms with Crippen LogP contribution in [0.2, 0.25) is 0 Å². The van der Waals surface area contributed by atoms with Gasteiger partial charge in [0.15, 0.2) is 11.4 Å². The lowest BCUT2D eigenvalue weighted by molar-refractivity contribution is -0.184. The normalized spacial score (nSPS) is 30.7. The number of carbonyl (C=O) groups is 3. The summed E-state index contributed by atoms with van der Waals surface area (Å²) in [7, 11) is 6.86. The molecule has 2 saturated carbocycles. The van der Waals surface area contributed by atoms with Crippen molar-refractivity contribution in [2.75, 3.05) is 33.1 Å². The van der Waals surface area contributed by atoms with Crippen LogP contribution in [0, 0.1) is 17.8 Å². The molecule has 6 N–H and O–H groups in total. The van der Waals surface area contributed by atoms with Gasteiger partial charge in [-0.3, -0.25) is 14.4 Å². The summed E-state index contributed by atoms with van der Waals surface area (Å²) in [5.74, 6) is -7.67. The summed E-state index contributed by atoms with van der Waals surface area (Å²) in [6.45, 7) is 0. The molecular weight excluding hydrogens is 494 g/mol. The summed E-state index contributed by atoms with van der Waals surface area (Å²) in [4.78, 5) is 43.0. The van der Waals surface area contributed by atoms with Crippen molar-refractivity contribution in [3.8, 4) is 16.9 Å². The van der Waals surface area contributed by atoms with E-state index in [4.69, 9.17) is 10.2 Å². The van der Waals surface area contributed by atoms with Gasteiger partial charge in [0.1, 0.15) is 17.4 Å². The number of furan rings is 1. The summed E-state index contributed by atoms with van der Waals surface area (Å²) in [6.07, 6.45) is 1.64. The Bertz CT molecular complexity index is 1380. The van der Waals surface area contributed by atoms with Crippen LogP contribution in [0.25, 0.3) is 16.9 Å². The highest BCUT2D eigenvalue weighted by molar-refractivity contribution is 6.25. The van der Waals surface area contributed by atoms with Crippen molar-refractivity contribution in [1.29, 1.82) is 0 Å². The molecule has 202 valence electrons. The van der Waals surface area contributed by atoms with Crippen LogP contribution in [0.1, 0.15) is 17.5 Å². The van der Waals surface area contributed by atoms with Crippen LogP contribution in [0.4, 0.5) is 5.69 Å². The zero-order valence-electron chi connectivity index (χ0n) is 21.5. The molecule has 3 aliphatic rings. The van der Waals surface area contributed by atoms with Crippen LogP contribution in [-0.4, -0.2) is 88.7 Å². The fourth-order valence-corrected chi connectivity index (χ4v) is 6.69. The van der Waals surface area contributed by atoms with Gasteiger partial charge in [-0.25, -0.2) is 0 Å². The first-order valence-electron chi connectivity index (χ1n) is 12.3. The molecule has 1 amide bonds. The Balaban J connectivity index is 1.74. The van der Waals surface area contributed by atoms with Gasteiger partial charge >= 0.3 is 0 Å². The van der Waals surface area contributed by atoms with Crippen molar-refractivity contribution < 1.29 is 39.2 Å². The average molecular weight is 526 g/mol. The van der Waals surface area contributed by atoms with Gasteiger partial charge in [-0.1, -0.05) is 0 Å². The Hall–Kier alpha value is -3.67. The number of aliphatic hydroxyl groups is 3. The molecule has 2 aromatic rings. The molecule has 2 fully saturated rings. The fraction of sp³-hybridized carbons (Fsp3) is 0.444. The molecule has 11 heteroatoms. The largest absolute Gasteiger partial charge is 0.507 e. The number of amides is 1. The average Bonchev–Trinajstić information content (AvgIpc) is 3.35. The molecule has 1 heterocycles. The highest BCUT2D eigenvalue weighted by Crippen LogP contribution is 2.54. The standard InChI is InChI=1S/C27H31N3O8/c1-29(2)16-9-13(11-5-6-38-10-11)21(31)18-14(16)7-12-8-15-20(30(3)4)23(33)19(26(28)36)25(35)27(15,37)24(34)17(12)22(18)32/h5-6,9-10,12,15,19-20,23,31-33,37H,7-8H2,1-4H3,(H2,28,36)/t12-,15-,19?,20-,23?,27-/m1/s1. The van der Waals surface area contributed by atoms with Crippen molar-refractivity contribution in [2.45, 2.75) is 30.6 Å². The van der Waals surface area contributed by atoms with E-state index in [2.05, 4.69) is 0 Å². The number of rotatable bonds is 4. The number of carbonyl (C=O) groups excluding carboxylic acids is 3. The van der Waals surface area contributed by atoms with E-state index in [1.807, 2.05) is 19.0 Å². The van der Waals surface area contributed by atoms with Crippen molar-refractivity contribution in [3.63, 3.8) is 0 Å². The SMILES string of the molecule is CN(C)c1cc(-c2ccoc2)c(O)c2c1C[C@@H]1C[C@@H]3[C@@H](N(C)C)C(O)C(C(N)=O)C(=O)[C@]3(O)C(=O)C1=C2O. The quantitative estimate of drug-likeness (QED) is 0.352. The maximum atomic E-state index is 14.0. The summed E-state index contributed by atoms with van der Waals surface area (Å²) >= 11 is 0. The van der Waals surface area contributed by atoms with Crippen LogP contribution in [0.3, 0.4) is 0 Å². The number of aliphatic hydroxyl groups excluding tert-OH is 2. The van der Waals surface area contributed by atoms with Gasteiger partial charge in [-0.15, -0.1) is 0 Å². The first-order chi connectivity index (χ1) is 17.8. The molecule has 38 heavy (non-hydrogen) atoms. The molecular formula is C27H31N3O8. The number of Topliss-reactive ketones (excluding diaryl/α,β-unsaturated/α-hetero) is 2. The van der Waals surface area contributed by atoms with Crippen molar-refractivity contribution in [2.24, 2.45) is 23.5 Å². The number of hydrogen-bond acceptors (Lipinski definition) is 10. The minimum Gasteiger partial charge on any atom is -0.507 e. The van der Waals surface area contributed by atoms with Gasteiger partial charge in [0.25, 0.3) is 0 Å². The first kappa shape index (κ1) is 26.0. The van der Waals surface area contributed by atoms with Crippen LogP contribution < -0.4 is 10.6 Å². The number of nitrogens with two attached hydrogens (primary N) is 1. The van der Waals surface area contributed by atoms with E-state index in [1.54, 1.807) is 31.1 Å². The molecule has 11 nitrogen and oxygen atoms in total. The summed E-state index contributed by atoms with van der Waals surface area (Å²) in [6, 6.07) is 2.48. The van der Waals surface area contributed by atoms with Crippen molar-refractivity contribution in [3.05, 3.63) is 41.4 Å². The van der Waals surface area contributed by atoms with Crippen LogP contribution >= 0.6 is 0 Å². The molecule has 0 radical (unpaired) electrons. The predicted octanol–water partition coefficient (Wildman–Crippen LogP) is 0.455. The number of fused-ring (bicyclic) bond motifs is 3. The Morgan fingerprint density at radius 3 is 2.42 bits per heavy atom. The van der Waals surface area contributed by atoms with Gasteiger partial charge in [0.05, 0.1) is 24.2 Å². The predicted molar refractivity (Wildman–Crippen MR) is 136 cm³/mol. The monoisotopic (exact) mass is 525 g/mol. The molecule has 3 aliphatic carbocycles. The van der Waals surface area contributed by atoms with Gasteiger partial charge in [-0.2, -0.15) is 0 Å². The lowest BCUT2D eigenvalue weighted by atomic mass is 9.54. The van der Waals surface area contributed by atoms with Crippen molar-refractivity contribution in [1.82, 2.24) is 4.90 Å². The molecule has 0 spiro atoms. The van der Waals surface area contributed by atoms with Gasteiger partial charge < -0.3 is 40.4 Å². The number of phenols is 1. The molecule has 1 aromatic heterocycles. The molecule has 5 rings (SSSR count). The van der Waals surface area contributed by atoms with Gasteiger partial charge in [0.2, 0.25) is 11.7 Å². The smallest absolute Gasteiger partial charge is 0.230 e. The third kappa shape index (κ3) is 3.35. The topological polar surface area (TPSA) is 178 Å². The number of likely N-dealkylation sites (N-methyl/N-ethyl adjacent to an activating group) is 1. The number of ketones is 2. The van der Waals surface area contributed by atoms with Crippen LogP contribution in [-0.2, 0) is 20.8 Å². The van der Waals surface area contributed by atoms with E-state index < -0.39 is 58.7 Å². The Labute approximate surface area is 218 Å². The first-order valence-corrected chi connectivity index (χ1v) is 12.3. The van der Waals surface area contributed by atoms with Gasteiger partial charge in [0, 0.05) is 48.4 Å². The lowest BCUT2D eigenvalue weighted by Gasteiger charge is -2.53. The maximum absolute atomic E-state index is 14.0. The van der Waals surface area contributed by atoms with E-state index in [9.17, 15) is 34.8 Å². The number of benzene rings is 1. The number of hydrogen-bond donors (Lipinski definition) is 5. The van der Waals surface area contributed by atoms with Crippen molar-refractivity contribution >= 4 is 28.9 Å². The molecule has 1 aromatic carbocycles. The zero-order valence-corrected chi connectivity index (χ0v) is 21.5. The third-order valence-corrected chi connectivity index (χ3v) is 8.38. The molecule has 0 saturated heterocycles.